The lowest BCUT2D eigenvalue weighted by Crippen LogP contribution is -2.38. The average Bonchev–Trinajstić information content (AvgIpc) is 3.34. The van der Waals surface area contributed by atoms with Crippen LogP contribution in [0.1, 0.15) is 22.4 Å². The van der Waals surface area contributed by atoms with Gasteiger partial charge in [0.2, 0.25) is 12.7 Å². The van der Waals surface area contributed by atoms with Crippen molar-refractivity contribution in [2.75, 3.05) is 11.1 Å². The molecule has 158 valence electrons. The van der Waals surface area contributed by atoms with Crippen molar-refractivity contribution in [2.24, 2.45) is 0 Å². The number of anilines is 1. The van der Waals surface area contributed by atoms with Crippen LogP contribution in [0.25, 0.3) is 5.57 Å². The highest BCUT2D eigenvalue weighted by Crippen LogP contribution is 2.45. The van der Waals surface area contributed by atoms with Gasteiger partial charge in [-0.3, -0.25) is 0 Å². The van der Waals surface area contributed by atoms with Gasteiger partial charge in [0, 0.05) is 16.7 Å². The van der Waals surface area contributed by atoms with Gasteiger partial charge in [-0.2, -0.15) is 4.31 Å². The highest BCUT2D eigenvalue weighted by atomic mass is 32.2. The molecular formula is C21H16N2O7S. The summed E-state index contributed by atoms with van der Waals surface area (Å²) in [5, 5.41) is 14.0. The Morgan fingerprint density at radius 1 is 1.10 bits per heavy atom. The predicted molar refractivity (Wildman–Crippen MR) is 108 cm³/mol. The number of carboxylic acids is 1. The largest absolute Gasteiger partial charge is 0.477 e. The third kappa shape index (κ3) is 2.72. The van der Waals surface area contributed by atoms with Crippen LogP contribution >= 0.6 is 0 Å². The molecule has 0 fully saturated rings. The molecule has 3 aromatic rings. The number of carbonyl (C=O) groups is 1. The zero-order chi connectivity index (χ0) is 21.9. The maximum absolute atomic E-state index is 13.5. The molecule has 3 heterocycles. The molecule has 9 nitrogen and oxygen atoms in total. The number of aromatic nitrogens is 1. The molecule has 0 radical (unpaired) electrons. The van der Waals surface area contributed by atoms with Gasteiger partial charge in [0.25, 0.3) is 10.0 Å². The fourth-order valence-electron chi connectivity index (χ4n) is 3.69. The summed E-state index contributed by atoms with van der Waals surface area (Å²) in [7, 11) is -4.29. The fourth-order valence-corrected chi connectivity index (χ4v) is 5.38. The monoisotopic (exact) mass is 440 g/mol. The van der Waals surface area contributed by atoms with Crippen molar-refractivity contribution in [1.82, 2.24) is 5.16 Å². The number of hydrogen-bond donors (Lipinski definition) is 1. The number of aryl methyl sites for hydroxylation is 1. The van der Waals surface area contributed by atoms with Gasteiger partial charge >= 0.3 is 5.97 Å². The van der Waals surface area contributed by atoms with E-state index >= 15 is 0 Å². The Morgan fingerprint density at radius 3 is 2.55 bits per heavy atom. The number of nitrogens with zero attached hydrogens (tertiary/aromatic N) is 2. The van der Waals surface area contributed by atoms with Gasteiger partial charge < -0.3 is 19.1 Å². The van der Waals surface area contributed by atoms with Gasteiger partial charge in [-0.1, -0.05) is 29.4 Å². The molecule has 0 amide bonds. The van der Waals surface area contributed by atoms with Crippen LogP contribution in [-0.4, -0.2) is 31.4 Å². The number of fused-ring (bicyclic) bond motifs is 2. The minimum absolute atomic E-state index is 0.0406. The lowest BCUT2D eigenvalue weighted by Gasteiger charge is -2.31. The summed E-state index contributed by atoms with van der Waals surface area (Å²) in [6.45, 7) is 3.32. The Bertz CT molecular complexity index is 1390. The topological polar surface area (TPSA) is 119 Å². The maximum atomic E-state index is 13.5. The van der Waals surface area contributed by atoms with Gasteiger partial charge in [0.05, 0.1) is 10.6 Å². The van der Waals surface area contributed by atoms with E-state index < -0.39 is 21.7 Å². The molecule has 0 saturated heterocycles. The van der Waals surface area contributed by atoms with E-state index in [2.05, 4.69) is 5.16 Å². The van der Waals surface area contributed by atoms with Crippen LogP contribution in [0.4, 0.5) is 5.88 Å². The molecule has 31 heavy (non-hydrogen) atoms. The highest BCUT2D eigenvalue weighted by molar-refractivity contribution is 7.93. The lowest BCUT2D eigenvalue weighted by atomic mass is 9.94. The molecule has 0 saturated carbocycles. The summed E-state index contributed by atoms with van der Waals surface area (Å²) in [5.41, 5.74) is 1.36. The molecule has 0 atom stereocenters. The van der Waals surface area contributed by atoms with E-state index in [4.69, 9.17) is 14.0 Å². The summed E-state index contributed by atoms with van der Waals surface area (Å²) in [6, 6.07) is 11.2. The first kappa shape index (κ1) is 19.2. The molecule has 0 bridgehead atoms. The van der Waals surface area contributed by atoms with Gasteiger partial charge in [-0.25, -0.2) is 13.2 Å². The Balaban J connectivity index is 1.89. The highest BCUT2D eigenvalue weighted by Gasteiger charge is 2.44. The molecule has 2 aliphatic rings. The van der Waals surface area contributed by atoms with Crippen LogP contribution in [0, 0.1) is 13.8 Å². The summed E-state index contributed by atoms with van der Waals surface area (Å²) >= 11 is 0. The standard InChI is InChI=1S/C21H16N2O7S/c1-11-12(2)22-30-20(11)23-19(21(24)25)18(13-7-8-15-16(9-13)29-10-28-15)14-5-3-4-6-17(14)31(23,26)27/h3-9H,10H2,1-2H3,(H,24,25). The maximum Gasteiger partial charge on any atom is 0.354 e. The van der Waals surface area contributed by atoms with Crippen molar-refractivity contribution in [2.45, 2.75) is 18.7 Å². The van der Waals surface area contributed by atoms with E-state index in [0.29, 0.717) is 32.6 Å². The van der Waals surface area contributed by atoms with Crippen molar-refractivity contribution >= 4 is 27.4 Å². The third-order valence-corrected chi connectivity index (χ3v) is 7.04. The number of rotatable bonds is 3. The van der Waals surface area contributed by atoms with Crippen molar-refractivity contribution in [1.29, 1.82) is 0 Å². The zero-order valence-electron chi connectivity index (χ0n) is 16.4. The quantitative estimate of drug-likeness (QED) is 0.660. The van der Waals surface area contributed by atoms with Crippen LogP contribution < -0.4 is 13.8 Å². The first-order chi connectivity index (χ1) is 14.8. The minimum atomic E-state index is -4.29. The third-order valence-electron chi connectivity index (χ3n) is 5.30. The molecule has 1 aromatic heterocycles. The Kier molecular flexibility index (Phi) is 4.09. The second kappa shape index (κ2) is 6.61. The normalized spacial score (nSPS) is 16.4. The Morgan fingerprint density at radius 2 is 1.84 bits per heavy atom. The number of carboxylic acid groups (broad SMARTS) is 1. The van der Waals surface area contributed by atoms with Crippen LogP contribution in [0.5, 0.6) is 11.5 Å². The van der Waals surface area contributed by atoms with Gasteiger partial charge in [0.15, 0.2) is 17.2 Å². The van der Waals surface area contributed by atoms with E-state index in [1.165, 1.54) is 6.07 Å². The smallest absolute Gasteiger partial charge is 0.354 e. The van der Waals surface area contributed by atoms with Crippen LogP contribution in [0.2, 0.25) is 0 Å². The second-order valence-corrected chi connectivity index (χ2v) is 8.82. The zero-order valence-corrected chi connectivity index (χ0v) is 17.3. The summed E-state index contributed by atoms with van der Waals surface area (Å²) in [6.07, 6.45) is 0. The summed E-state index contributed by atoms with van der Waals surface area (Å²) in [4.78, 5) is 12.4. The fraction of sp³-hybridized carbons (Fsp3) is 0.143. The van der Waals surface area contributed by atoms with Crippen molar-refractivity contribution < 1.29 is 32.3 Å². The first-order valence-electron chi connectivity index (χ1n) is 9.26. The molecule has 2 aliphatic heterocycles. The van der Waals surface area contributed by atoms with E-state index in [0.717, 1.165) is 0 Å². The molecule has 0 unspecified atom stereocenters. The molecule has 1 N–H and O–H groups in total. The second-order valence-electron chi connectivity index (χ2n) is 7.06. The molecule has 10 heteroatoms. The number of ether oxygens (including phenoxy) is 2. The molecule has 5 rings (SSSR count). The van der Waals surface area contributed by atoms with E-state index in [1.54, 1.807) is 50.2 Å². The van der Waals surface area contributed by atoms with Gasteiger partial charge in [0.1, 0.15) is 0 Å². The van der Waals surface area contributed by atoms with Gasteiger partial charge in [-0.15, -0.1) is 0 Å². The SMILES string of the molecule is Cc1noc(N2C(C(=O)O)=C(c3ccc4c(c3)OCO4)c3ccccc3S2(=O)=O)c1C. The summed E-state index contributed by atoms with van der Waals surface area (Å²) < 4.78 is 43.9. The van der Waals surface area contributed by atoms with Crippen molar-refractivity contribution in [3.63, 3.8) is 0 Å². The number of hydrogen-bond acceptors (Lipinski definition) is 7. The average molecular weight is 440 g/mol. The van der Waals surface area contributed by atoms with Crippen LogP contribution in [0.3, 0.4) is 0 Å². The molecular weight excluding hydrogens is 424 g/mol. The minimum Gasteiger partial charge on any atom is -0.477 e. The van der Waals surface area contributed by atoms with Crippen molar-refractivity contribution in [3.05, 3.63) is 70.5 Å². The molecule has 2 aromatic carbocycles. The van der Waals surface area contributed by atoms with Gasteiger partial charge in [-0.05, 0) is 37.6 Å². The predicted octanol–water partition coefficient (Wildman–Crippen LogP) is 3.07. The number of aliphatic carboxylic acids is 1. The Hall–Kier alpha value is -3.79. The number of benzene rings is 2. The van der Waals surface area contributed by atoms with E-state index in [1.807, 2.05) is 0 Å². The van der Waals surface area contributed by atoms with E-state index in [-0.39, 0.29) is 28.7 Å². The first-order valence-corrected chi connectivity index (χ1v) is 10.7. The van der Waals surface area contributed by atoms with E-state index in [9.17, 15) is 18.3 Å². The lowest BCUT2D eigenvalue weighted by molar-refractivity contribution is -0.132. The molecule has 0 spiro atoms. The van der Waals surface area contributed by atoms with Crippen molar-refractivity contribution in [3.8, 4) is 11.5 Å². The molecule has 0 aliphatic carbocycles. The summed E-state index contributed by atoms with van der Waals surface area (Å²) in [5.74, 6) is -0.628. The number of sulfonamides is 1. The van der Waals surface area contributed by atoms with Crippen LogP contribution in [0.15, 0.2) is 57.6 Å². The van der Waals surface area contributed by atoms with Crippen LogP contribution in [-0.2, 0) is 14.8 Å². The Labute approximate surface area is 177 Å².